The zero-order chi connectivity index (χ0) is 22.8. The van der Waals surface area contributed by atoms with E-state index in [4.69, 9.17) is 33.9 Å². The molecule has 4 nitrogen and oxygen atoms in total. The van der Waals surface area contributed by atoms with Crippen LogP contribution in [0.2, 0.25) is 0 Å². The maximum atomic E-state index is 5.54. The molecule has 0 aromatic heterocycles. The molecule has 0 spiro atoms. The second-order valence-electron chi connectivity index (χ2n) is 7.68. The molecule has 1 saturated carbocycles. The number of nitrogens with one attached hydrogen (secondary N) is 2. The average molecular weight is 467 g/mol. The number of rotatable bonds is 10. The molecule has 1 aliphatic rings. The molecule has 3 rings (SSSR count). The van der Waals surface area contributed by atoms with Gasteiger partial charge in [0.15, 0.2) is 0 Å². The Hall–Kier alpha value is -2.70. The summed E-state index contributed by atoms with van der Waals surface area (Å²) < 4.78 is 10.4. The van der Waals surface area contributed by atoms with E-state index < -0.39 is 0 Å². The number of ether oxygens (including phenoxy) is 2. The Balaban J connectivity index is 1.52. The summed E-state index contributed by atoms with van der Waals surface area (Å²) in [6, 6.07) is 16.3. The molecule has 0 unspecified atom stereocenters. The first kappa shape index (κ1) is 24.0. The van der Waals surface area contributed by atoms with Gasteiger partial charge in [-0.25, -0.2) is 0 Å². The topological polar surface area (TPSA) is 42.5 Å². The highest BCUT2D eigenvalue weighted by Crippen LogP contribution is 2.19. The van der Waals surface area contributed by atoms with Crippen LogP contribution in [0.25, 0.3) is 0 Å². The van der Waals surface area contributed by atoms with Crippen molar-refractivity contribution in [1.29, 1.82) is 0 Å². The van der Waals surface area contributed by atoms with E-state index in [1.165, 1.54) is 12.8 Å². The van der Waals surface area contributed by atoms with E-state index in [2.05, 4.69) is 10.6 Å². The van der Waals surface area contributed by atoms with Crippen LogP contribution in [0.15, 0.2) is 73.1 Å². The van der Waals surface area contributed by atoms with Gasteiger partial charge in [0.25, 0.3) is 0 Å². The summed E-state index contributed by atoms with van der Waals surface area (Å²) in [5.74, 6) is 1.66. The number of thiocarbonyl (C=S) groups is 2. The minimum atomic E-state index is 0.345. The molecule has 6 heteroatoms. The highest BCUT2D eigenvalue weighted by Gasteiger charge is 2.22. The summed E-state index contributed by atoms with van der Waals surface area (Å²) in [7, 11) is 3.32. The molecule has 0 saturated heterocycles. The van der Waals surface area contributed by atoms with Gasteiger partial charge in [-0.2, -0.15) is 0 Å². The lowest BCUT2D eigenvalue weighted by molar-refractivity contribution is 0.324. The average Bonchev–Trinajstić information content (AvgIpc) is 2.85. The Bertz CT molecular complexity index is 873. The molecule has 0 radical (unpaired) electrons. The standard InChI is InChI=1S/C26H30N2O2S2/c1-29-21-11-7-19(8-12-21)25(31)15-17-27-23-5-3-4-6-24(23)28-18-16-26(32)20-9-13-22(30-2)14-10-20/h7-18,23-24,27-28H,3-6H2,1-2H3/b17-15-,18-16-/t23-,24-/m0/s1. The van der Waals surface area contributed by atoms with Gasteiger partial charge in [-0.15, -0.1) is 0 Å². The Kier molecular flexibility index (Phi) is 9.26. The van der Waals surface area contributed by atoms with Crippen LogP contribution in [-0.4, -0.2) is 36.0 Å². The quantitative estimate of drug-likeness (QED) is 0.279. The molecule has 168 valence electrons. The second kappa shape index (κ2) is 12.4. The number of hydrogen-bond acceptors (Lipinski definition) is 6. The molecule has 2 atom stereocenters. The zero-order valence-electron chi connectivity index (χ0n) is 18.5. The summed E-state index contributed by atoms with van der Waals surface area (Å²) in [4.78, 5) is 1.59. The van der Waals surface area contributed by atoms with Crippen molar-refractivity contribution in [2.24, 2.45) is 0 Å². The minimum Gasteiger partial charge on any atom is -0.497 e. The zero-order valence-corrected chi connectivity index (χ0v) is 20.2. The van der Waals surface area contributed by atoms with Gasteiger partial charge >= 0.3 is 0 Å². The van der Waals surface area contributed by atoms with Crippen molar-refractivity contribution in [3.63, 3.8) is 0 Å². The van der Waals surface area contributed by atoms with Crippen molar-refractivity contribution in [1.82, 2.24) is 10.6 Å². The van der Waals surface area contributed by atoms with Crippen molar-refractivity contribution in [2.75, 3.05) is 14.2 Å². The van der Waals surface area contributed by atoms with E-state index in [1.54, 1.807) is 14.2 Å². The lowest BCUT2D eigenvalue weighted by Crippen LogP contribution is -2.46. The van der Waals surface area contributed by atoms with Crippen LogP contribution in [0.3, 0.4) is 0 Å². The molecule has 2 aromatic carbocycles. The third-order valence-electron chi connectivity index (χ3n) is 5.61. The van der Waals surface area contributed by atoms with Crippen molar-refractivity contribution < 1.29 is 9.47 Å². The Morgan fingerprint density at radius 1 is 0.719 bits per heavy atom. The van der Waals surface area contributed by atoms with Crippen molar-refractivity contribution >= 4 is 34.2 Å². The van der Waals surface area contributed by atoms with Crippen LogP contribution >= 0.6 is 24.4 Å². The first-order valence-electron chi connectivity index (χ1n) is 10.8. The van der Waals surface area contributed by atoms with Crippen LogP contribution in [0.5, 0.6) is 11.5 Å². The maximum absolute atomic E-state index is 5.54. The Morgan fingerprint density at radius 3 is 1.44 bits per heavy atom. The summed E-state index contributed by atoms with van der Waals surface area (Å²) in [6.07, 6.45) is 12.5. The van der Waals surface area contributed by atoms with Gasteiger partial charge < -0.3 is 20.1 Å². The lowest BCUT2D eigenvalue weighted by atomic mass is 9.90. The van der Waals surface area contributed by atoms with E-state index in [1.807, 2.05) is 73.1 Å². The molecule has 32 heavy (non-hydrogen) atoms. The molecule has 2 N–H and O–H groups in total. The lowest BCUT2D eigenvalue weighted by Gasteiger charge is -2.32. The smallest absolute Gasteiger partial charge is 0.118 e. The summed E-state index contributed by atoms with van der Waals surface area (Å²) in [5.41, 5.74) is 2.01. The number of hydrogen-bond donors (Lipinski definition) is 2. The van der Waals surface area contributed by atoms with E-state index in [0.717, 1.165) is 45.2 Å². The molecule has 0 aliphatic heterocycles. The van der Waals surface area contributed by atoms with Gasteiger partial charge in [-0.05, 0) is 97.1 Å². The fourth-order valence-corrected chi connectivity index (χ4v) is 4.14. The van der Waals surface area contributed by atoms with E-state index in [0.29, 0.717) is 12.1 Å². The van der Waals surface area contributed by atoms with Gasteiger partial charge in [0.2, 0.25) is 0 Å². The third kappa shape index (κ3) is 6.90. The van der Waals surface area contributed by atoms with Crippen molar-refractivity contribution in [3.05, 3.63) is 84.2 Å². The van der Waals surface area contributed by atoms with Crippen LogP contribution in [0.4, 0.5) is 0 Å². The number of allylic oxidation sites excluding steroid dienone is 2. The molecule has 0 bridgehead atoms. The SMILES string of the molecule is COc1ccc(C(=S)/C=C\N[C@H]2CCCC[C@@H]2N/C=C\C(=S)c2ccc(OC)cc2)cc1. The van der Waals surface area contributed by atoms with E-state index >= 15 is 0 Å². The molecule has 1 aliphatic carbocycles. The molecular formula is C26H30N2O2S2. The summed E-state index contributed by atoms with van der Waals surface area (Å²) in [5, 5.41) is 7.08. The second-order valence-corrected chi connectivity index (χ2v) is 8.56. The van der Waals surface area contributed by atoms with Gasteiger partial charge in [-0.1, -0.05) is 37.3 Å². The highest BCUT2D eigenvalue weighted by molar-refractivity contribution is 7.81. The molecular weight excluding hydrogens is 436 g/mol. The van der Waals surface area contributed by atoms with Gasteiger partial charge in [0.05, 0.1) is 14.2 Å². The fourth-order valence-electron chi connectivity index (χ4n) is 3.73. The van der Waals surface area contributed by atoms with Crippen molar-refractivity contribution in [2.45, 2.75) is 37.8 Å². The number of methoxy groups -OCH3 is 2. The third-order valence-corrected chi connectivity index (χ3v) is 6.35. The van der Waals surface area contributed by atoms with E-state index in [9.17, 15) is 0 Å². The first-order chi connectivity index (χ1) is 15.6. The molecule has 1 fully saturated rings. The van der Waals surface area contributed by atoms with Crippen LogP contribution in [-0.2, 0) is 0 Å². The monoisotopic (exact) mass is 466 g/mol. The normalized spacial score (nSPS) is 18.4. The van der Waals surface area contributed by atoms with Crippen molar-refractivity contribution in [3.8, 4) is 11.5 Å². The summed E-state index contributed by atoms with van der Waals surface area (Å²) in [6.45, 7) is 0. The minimum absolute atomic E-state index is 0.345. The van der Waals surface area contributed by atoms with Crippen LogP contribution in [0, 0.1) is 0 Å². The maximum Gasteiger partial charge on any atom is 0.118 e. The molecule has 2 aromatic rings. The largest absolute Gasteiger partial charge is 0.497 e. The Labute approximate surface area is 201 Å². The van der Waals surface area contributed by atoms with E-state index in [-0.39, 0.29) is 0 Å². The van der Waals surface area contributed by atoms with Crippen LogP contribution in [0.1, 0.15) is 36.8 Å². The summed E-state index contributed by atoms with van der Waals surface area (Å²) >= 11 is 11.1. The Morgan fingerprint density at radius 2 is 1.09 bits per heavy atom. The first-order valence-corrected chi connectivity index (χ1v) is 11.6. The predicted molar refractivity (Wildman–Crippen MR) is 140 cm³/mol. The molecule has 0 amide bonds. The molecule has 0 heterocycles. The van der Waals surface area contributed by atoms with Crippen LogP contribution < -0.4 is 20.1 Å². The van der Waals surface area contributed by atoms with Gasteiger partial charge in [0, 0.05) is 21.8 Å². The number of benzene rings is 2. The van der Waals surface area contributed by atoms with Gasteiger partial charge in [0.1, 0.15) is 11.5 Å². The fraction of sp³-hybridized carbons (Fsp3) is 0.308. The predicted octanol–water partition coefficient (Wildman–Crippen LogP) is 5.36. The van der Waals surface area contributed by atoms with Gasteiger partial charge in [-0.3, -0.25) is 0 Å². The highest BCUT2D eigenvalue weighted by atomic mass is 32.1.